The molecule has 118 valence electrons. The van der Waals surface area contributed by atoms with E-state index in [1.54, 1.807) is 11.3 Å². The zero-order valence-corrected chi connectivity index (χ0v) is 14.2. The third-order valence-electron chi connectivity index (χ3n) is 3.38. The molecule has 1 heterocycles. The molecular weight excluding hydrogens is 314 g/mol. The molecular formula is C17H22ClN3S. The van der Waals surface area contributed by atoms with E-state index in [2.05, 4.69) is 74.1 Å². The normalized spacial score (nSPS) is 10.0. The minimum absolute atomic E-state index is 0. The van der Waals surface area contributed by atoms with E-state index < -0.39 is 0 Å². The van der Waals surface area contributed by atoms with Crippen LogP contribution in [0.25, 0.3) is 20.8 Å². The summed E-state index contributed by atoms with van der Waals surface area (Å²) >= 11 is 1.80. The first kappa shape index (κ1) is 18.4. The maximum Gasteiger partial charge on any atom is 0.201 e. The predicted molar refractivity (Wildman–Crippen MR) is 94.4 cm³/mol. The molecule has 0 fully saturated rings. The van der Waals surface area contributed by atoms with E-state index in [1.165, 1.54) is 20.6 Å². The summed E-state index contributed by atoms with van der Waals surface area (Å²) in [4.78, 5) is 8.09. The Hall–Kier alpha value is -1.65. The molecule has 1 aliphatic carbocycles. The first-order valence-electron chi connectivity index (χ1n) is 6.57. The number of rotatable bonds is 1. The van der Waals surface area contributed by atoms with Gasteiger partial charge in [-0.05, 0) is 24.3 Å². The number of fused-ring (bicyclic) bond motifs is 2. The molecule has 1 aromatic carbocycles. The highest BCUT2D eigenvalue weighted by Gasteiger charge is 2.09. The molecule has 22 heavy (non-hydrogen) atoms. The van der Waals surface area contributed by atoms with Crippen LogP contribution in [-0.2, 0) is 0 Å². The van der Waals surface area contributed by atoms with Gasteiger partial charge in [0.15, 0.2) is 0 Å². The lowest BCUT2D eigenvalue weighted by atomic mass is 10.2. The summed E-state index contributed by atoms with van der Waals surface area (Å²) < 4.78 is 3.34. The van der Waals surface area contributed by atoms with Crippen molar-refractivity contribution in [1.29, 1.82) is 0 Å². The summed E-state index contributed by atoms with van der Waals surface area (Å²) in [7, 11) is 8.24. The fourth-order valence-corrected chi connectivity index (χ4v) is 3.19. The summed E-state index contributed by atoms with van der Waals surface area (Å²) in [5, 5.41) is 1.21. The third-order valence-corrected chi connectivity index (χ3v) is 4.47. The standard InChI is InChI=1S/C16H18N3S.CH4.ClH/c1-18(2)11-5-7-13-15(9-11)20-16-10-12(19(3)4)6-8-14(16)17-13;;/h5-10H,1-4H3;1H4;1H/q+1;;/p-1. The van der Waals surface area contributed by atoms with E-state index in [9.17, 15) is 0 Å². The van der Waals surface area contributed by atoms with Crippen molar-refractivity contribution in [3.8, 4) is 10.6 Å². The Balaban J connectivity index is 0.00000121. The summed E-state index contributed by atoms with van der Waals surface area (Å²) in [5.41, 5.74) is 3.33. The quantitative estimate of drug-likeness (QED) is 0.465. The van der Waals surface area contributed by atoms with Crippen LogP contribution in [0, 0.1) is 0 Å². The van der Waals surface area contributed by atoms with E-state index in [-0.39, 0.29) is 19.8 Å². The smallest absolute Gasteiger partial charge is 0.201 e. The molecule has 3 rings (SSSR count). The summed E-state index contributed by atoms with van der Waals surface area (Å²) in [6.45, 7) is 0. The molecule has 5 heteroatoms. The maximum absolute atomic E-state index is 4.75. The average Bonchev–Trinajstić information content (AvgIpc) is 2.43. The van der Waals surface area contributed by atoms with Gasteiger partial charge in [-0.25, -0.2) is 9.56 Å². The number of anilines is 1. The van der Waals surface area contributed by atoms with Gasteiger partial charge in [0.05, 0.1) is 20.8 Å². The zero-order valence-electron chi connectivity index (χ0n) is 12.6. The number of nitrogens with zero attached hydrogens (tertiary/aromatic N) is 3. The Morgan fingerprint density at radius 2 is 1.77 bits per heavy atom. The first-order chi connectivity index (χ1) is 9.54. The second kappa shape index (κ2) is 7.07. The van der Waals surface area contributed by atoms with Gasteiger partial charge < -0.3 is 17.3 Å². The van der Waals surface area contributed by atoms with Crippen LogP contribution in [0.4, 0.5) is 5.69 Å². The van der Waals surface area contributed by atoms with Gasteiger partial charge in [0, 0.05) is 31.9 Å². The van der Waals surface area contributed by atoms with Gasteiger partial charge >= 0.3 is 0 Å². The van der Waals surface area contributed by atoms with Crippen molar-refractivity contribution in [2.75, 3.05) is 33.1 Å². The molecule has 0 amide bonds. The second-order valence-corrected chi connectivity index (χ2v) is 6.39. The molecule has 0 bridgehead atoms. The zero-order chi connectivity index (χ0) is 14.3. The summed E-state index contributed by atoms with van der Waals surface area (Å²) in [6.07, 6.45) is 0. The average molecular weight is 336 g/mol. The lowest BCUT2D eigenvalue weighted by Gasteiger charge is -2.13. The van der Waals surface area contributed by atoms with Crippen LogP contribution in [0.3, 0.4) is 0 Å². The highest BCUT2D eigenvalue weighted by Crippen LogP contribution is 2.31. The van der Waals surface area contributed by atoms with Crippen LogP contribution < -0.4 is 27.2 Å². The lowest BCUT2D eigenvalue weighted by molar-refractivity contribution is -0.00000450. The third kappa shape index (κ3) is 3.39. The van der Waals surface area contributed by atoms with Crippen molar-refractivity contribution >= 4 is 27.2 Å². The predicted octanol–water partition coefficient (Wildman–Crippen LogP) is 0.139. The highest BCUT2D eigenvalue weighted by atomic mass is 35.5. The Labute approximate surface area is 142 Å². The second-order valence-electron chi connectivity index (χ2n) is 5.31. The van der Waals surface area contributed by atoms with Crippen LogP contribution >= 0.6 is 11.3 Å². The van der Waals surface area contributed by atoms with Crippen molar-refractivity contribution in [2.45, 2.75) is 7.43 Å². The molecule has 1 aliphatic heterocycles. The van der Waals surface area contributed by atoms with E-state index >= 15 is 0 Å². The van der Waals surface area contributed by atoms with Crippen molar-refractivity contribution in [1.82, 2.24) is 9.56 Å². The molecule has 0 radical (unpaired) electrons. The Kier molecular flexibility index (Phi) is 5.92. The van der Waals surface area contributed by atoms with E-state index in [1.807, 2.05) is 0 Å². The summed E-state index contributed by atoms with van der Waals surface area (Å²) in [6, 6.07) is 12.8. The molecule has 0 aromatic heterocycles. The molecule has 1 aromatic rings. The molecule has 0 saturated carbocycles. The van der Waals surface area contributed by atoms with Gasteiger partial charge in [-0.15, -0.1) is 11.3 Å². The number of halogens is 1. The number of hydrogen-bond acceptors (Lipinski definition) is 3. The van der Waals surface area contributed by atoms with E-state index in [0.717, 1.165) is 11.2 Å². The van der Waals surface area contributed by atoms with Gasteiger partial charge in [-0.2, -0.15) is 0 Å². The van der Waals surface area contributed by atoms with Gasteiger partial charge in [0.2, 0.25) is 5.36 Å². The first-order valence-corrected chi connectivity index (χ1v) is 7.38. The van der Waals surface area contributed by atoms with Crippen LogP contribution in [0.2, 0.25) is 0 Å². The van der Waals surface area contributed by atoms with Crippen molar-refractivity contribution < 1.29 is 12.4 Å². The van der Waals surface area contributed by atoms with Gasteiger partial charge in [0.25, 0.3) is 0 Å². The topological polar surface area (TPSA) is 19.1 Å². The van der Waals surface area contributed by atoms with Crippen molar-refractivity contribution in [2.24, 2.45) is 0 Å². The van der Waals surface area contributed by atoms with Gasteiger partial charge in [-0.3, -0.25) is 0 Å². The van der Waals surface area contributed by atoms with Crippen molar-refractivity contribution in [3.05, 3.63) is 41.8 Å². The fourth-order valence-electron chi connectivity index (χ4n) is 2.16. The number of aromatic nitrogens is 1. The van der Waals surface area contributed by atoms with Crippen LogP contribution in [0.5, 0.6) is 0 Å². The van der Waals surface area contributed by atoms with Crippen LogP contribution in [0.15, 0.2) is 36.4 Å². The van der Waals surface area contributed by atoms with Gasteiger partial charge in [0.1, 0.15) is 14.1 Å². The Morgan fingerprint density at radius 1 is 1.05 bits per heavy atom. The highest BCUT2D eigenvalue weighted by molar-refractivity contribution is 7.21. The molecule has 0 spiro atoms. The van der Waals surface area contributed by atoms with Crippen LogP contribution in [-0.4, -0.2) is 33.2 Å². The number of benzene rings is 2. The number of hydrogen-bond donors (Lipinski definition) is 0. The fraction of sp³-hybridized carbons (Fsp3) is 0.294. The van der Waals surface area contributed by atoms with E-state index in [4.69, 9.17) is 4.98 Å². The molecule has 0 unspecified atom stereocenters. The molecule has 3 nitrogen and oxygen atoms in total. The molecule has 0 saturated heterocycles. The molecule has 2 aliphatic rings. The Bertz CT molecular complexity index is 820. The molecule has 0 N–H and O–H groups in total. The van der Waals surface area contributed by atoms with Crippen LogP contribution in [0.1, 0.15) is 7.43 Å². The summed E-state index contributed by atoms with van der Waals surface area (Å²) in [5.74, 6) is 0. The molecule has 0 atom stereocenters. The minimum Gasteiger partial charge on any atom is -1.00 e. The van der Waals surface area contributed by atoms with Crippen molar-refractivity contribution in [3.63, 3.8) is 0 Å². The largest absolute Gasteiger partial charge is 1.00 e. The van der Waals surface area contributed by atoms with E-state index in [0.29, 0.717) is 0 Å². The Morgan fingerprint density at radius 3 is 2.41 bits per heavy atom. The SMILES string of the molecule is C.CN(C)c1ccc2nc3ccc(=[N+](C)C)cc-3sc2c1.[Cl-]. The lowest BCUT2D eigenvalue weighted by Crippen LogP contribution is -3.00. The van der Waals surface area contributed by atoms with Gasteiger partial charge in [-0.1, -0.05) is 7.43 Å². The maximum atomic E-state index is 4.75. The monoisotopic (exact) mass is 335 g/mol. The minimum atomic E-state index is 0.